The zero-order chi connectivity index (χ0) is 21.0. The second-order valence-corrected chi connectivity index (χ2v) is 9.03. The summed E-state index contributed by atoms with van der Waals surface area (Å²) in [6, 6.07) is 6.11. The van der Waals surface area contributed by atoms with Crippen LogP contribution in [0.2, 0.25) is 0 Å². The van der Waals surface area contributed by atoms with Gasteiger partial charge in [-0.3, -0.25) is 4.79 Å². The van der Waals surface area contributed by atoms with E-state index < -0.39 is 0 Å². The third-order valence-electron chi connectivity index (χ3n) is 6.84. The summed E-state index contributed by atoms with van der Waals surface area (Å²) in [5, 5.41) is 4.19. The zero-order valence-electron chi connectivity index (χ0n) is 18.1. The quantitative estimate of drug-likeness (QED) is 0.531. The van der Waals surface area contributed by atoms with Crippen molar-refractivity contribution in [3.05, 3.63) is 30.4 Å². The van der Waals surface area contributed by atoms with Crippen LogP contribution in [-0.4, -0.2) is 43.6 Å². The average molecular weight is 422 g/mol. The molecule has 0 unspecified atom stereocenters. The molecule has 7 heteroatoms. The van der Waals surface area contributed by atoms with Gasteiger partial charge < -0.3 is 14.0 Å². The normalized spacial score (nSPS) is 17.2. The van der Waals surface area contributed by atoms with E-state index in [-0.39, 0.29) is 5.91 Å². The molecule has 1 amide bonds. The van der Waals surface area contributed by atoms with E-state index >= 15 is 0 Å². The van der Waals surface area contributed by atoms with Crippen LogP contribution in [0.4, 0.5) is 0 Å². The van der Waals surface area contributed by atoms with E-state index in [1.54, 1.807) is 0 Å². The first kappa shape index (κ1) is 20.2. The van der Waals surface area contributed by atoms with Crippen LogP contribution in [0.5, 0.6) is 0 Å². The van der Waals surface area contributed by atoms with Crippen LogP contribution in [0.1, 0.15) is 63.7 Å². The minimum Gasteiger partial charge on any atom is -0.343 e. The van der Waals surface area contributed by atoms with Gasteiger partial charge in [0.15, 0.2) is 0 Å². The Labute approximate surface area is 182 Å². The van der Waals surface area contributed by atoms with Gasteiger partial charge in [0.25, 0.3) is 0 Å². The molecule has 3 heterocycles. The summed E-state index contributed by atoms with van der Waals surface area (Å²) in [6.07, 6.45) is 13.0. The summed E-state index contributed by atoms with van der Waals surface area (Å²) in [7, 11) is 0. The molecular formula is C24H31N5O2. The van der Waals surface area contributed by atoms with Crippen LogP contribution in [0.25, 0.3) is 22.4 Å². The molecule has 0 radical (unpaired) electrons. The number of nitrogens with zero attached hydrogens (tertiary/aromatic N) is 5. The number of aryl methyl sites for hydroxylation is 2. The fourth-order valence-electron chi connectivity index (χ4n) is 5.01. The fourth-order valence-corrected chi connectivity index (χ4v) is 5.01. The molecule has 0 spiro atoms. The number of likely N-dealkylation sites (tertiary alicyclic amines) is 1. The molecular weight excluding hydrogens is 390 g/mol. The number of carbonyl (C=O) groups is 1. The molecule has 1 aromatic carbocycles. The Kier molecular flexibility index (Phi) is 6.00. The standard InChI is InChI=1S/C24H31N5O2/c30-23(28-13-3-4-14-28)8-5-15-29-17-25-20-16-19(10-11-21(20)29)24-26-22(31-27-24)12-9-18-6-1-2-7-18/h10-11,16-18H,1-9,12-15H2. The number of fused-ring (bicyclic) bond motifs is 1. The van der Waals surface area contributed by atoms with Gasteiger partial charge in [-0.1, -0.05) is 30.8 Å². The molecule has 0 N–H and O–H groups in total. The van der Waals surface area contributed by atoms with Crippen molar-refractivity contribution in [3.63, 3.8) is 0 Å². The Hall–Kier alpha value is -2.70. The van der Waals surface area contributed by atoms with Gasteiger partial charge in [-0.15, -0.1) is 0 Å². The topological polar surface area (TPSA) is 77.0 Å². The van der Waals surface area contributed by atoms with Gasteiger partial charge in [0.2, 0.25) is 17.6 Å². The third kappa shape index (κ3) is 4.65. The summed E-state index contributed by atoms with van der Waals surface area (Å²) in [5.74, 6) is 2.47. The summed E-state index contributed by atoms with van der Waals surface area (Å²) < 4.78 is 7.62. The Bertz CT molecular complexity index is 1030. The molecule has 2 aliphatic rings. The number of benzene rings is 1. The highest BCUT2D eigenvalue weighted by molar-refractivity contribution is 5.80. The molecule has 1 aliphatic heterocycles. The van der Waals surface area contributed by atoms with Gasteiger partial charge in [0.1, 0.15) is 0 Å². The molecule has 2 aromatic heterocycles. The molecule has 164 valence electrons. The lowest BCUT2D eigenvalue weighted by Gasteiger charge is -2.15. The van der Waals surface area contributed by atoms with E-state index in [9.17, 15) is 4.79 Å². The first-order chi connectivity index (χ1) is 15.3. The molecule has 1 saturated heterocycles. The second-order valence-electron chi connectivity index (χ2n) is 9.03. The van der Waals surface area contributed by atoms with Crippen LogP contribution in [0.3, 0.4) is 0 Å². The van der Waals surface area contributed by atoms with Gasteiger partial charge in [-0.25, -0.2) is 4.98 Å². The Morgan fingerprint density at radius 1 is 1.13 bits per heavy atom. The van der Waals surface area contributed by atoms with E-state index in [1.165, 1.54) is 25.7 Å². The number of aromatic nitrogens is 4. The predicted octanol–water partition coefficient (Wildman–Crippen LogP) is 4.61. The lowest BCUT2D eigenvalue weighted by Crippen LogP contribution is -2.27. The van der Waals surface area contributed by atoms with Gasteiger partial charge in [0, 0.05) is 38.0 Å². The van der Waals surface area contributed by atoms with Gasteiger partial charge in [0.05, 0.1) is 17.4 Å². The van der Waals surface area contributed by atoms with Gasteiger partial charge in [-0.05, 0) is 49.8 Å². The first-order valence-corrected chi connectivity index (χ1v) is 11.8. The van der Waals surface area contributed by atoms with Crippen molar-refractivity contribution >= 4 is 16.9 Å². The number of rotatable bonds is 8. The fraction of sp³-hybridized carbons (Fsp3) is 0.583. The summed E-state index contributed by atoms with van der Waals surface area (Å²) >= 11 is 0. The smallest absolute Gasteiger partial charge is 0.226 e. The Morgan fingerprint density at radius 2 is 1.97 bits per heavy atom. The highest BCUT2D eigenvalue weighted by atomic mass is 16.5. The molecule has 1 saturated carbocycles. The largest absolute Gasteiger partial charge is 0.343 e. The average Bonchev–Trinajstić information content (AvgIpc) is 3.59. The molecule has 0 atom stereocenters. The number of imidazole rings is 1. The highest BCUT2D eigenvalue weighted by Crippen LogP contribution is 2.29. The van der Waals surface area contributed by atoms with Gasteiger partial charge in [-0.2, -0.15) is 4.98 Å². The minimum absolute atomic E-state index is 0.282. The van der Waals surface area contributed by atoms with Crippen LogP contribution < -0.4 is 0 Å². The van der Waals surface area contributed by atoms with Crippen LogP contribution in [0, 0.1) is 5.92 Å². The van der Waals surface area contributed by atoms with E-state index in [1.807, 2.05) is 23.4 Å². The molecule has 7 nitrogen and oxygen atoms in total. The third-order valence-corrected chi connectivity index (χ3v) is 6.84. The van der Waals surface area contributed by atoms with Crippen LogP contribution in [0.15, 0.2) is 29.0 Å². The predicted molar refractivity (Wildman–Crippen MR) is 118 cm³/mol. The van der Waals surface area contributed by atoms with Crippen LogP contribution >= 0.6 is 0 Å². The zero-order valence-corrected chi connectivity index (χ0v) is 18.1. The first-order valence-electron chi connectivity index (χ1n) is 11.8. The summed E-state index contributed by atoms with van der Waals surface area (Å²) in [5.41, 5.74) is 2.92. The summed E-state index contributed by atoms with van der Waals surface area (Å²) in [4.78, 5) is 23.4. The molecule has 5 rings (SSSR count). The number of hydrogen-bond donors (Lipinski definition) is 0. The van der Waals surface area contributed by atoms with Crippen LogP contribution in [-0.2, 0) is 17.8 Å². The van der Waals surface area contributed by atoms with Crippen molar-refractivity contribution in [2.75, 3.05) is 13.1 Å². The van der Waals surface area contributed by atoms with E-state index in [4.69, 9.17) is 4.52 Å². The van der Waals surface area contributed by atoms with Crippen molar-refractivity contribution in [1.82, 2.24) is 24.6 Å². The second kappa shape index (κ2) is 9.20. The minimum atomic E-state index is 0.282. The van der Waals surface area contributed by atoms with Crippen molar-refractivity contribution in [2.45, 2.75) is 70.8 Å². The molecule has 1 aliphatic carbocycles. The Balaban J connectivity index is 1.19. The van der Waals surface area contributed by atoms with Gasteiger partial charge >= 0.3 is 0 Å². The molecule has 0 bridgehead atoms. The monoisotopic (exact) mass is 421 g/mol. The van der Waals surface area contributed by atoms with Crippen molar-refractivity contribution in [3.8, 4) is 11.4 Å². The van der Waals surface area contributed by atoms with Crippen molar-refractivity contribution < 1.29 is 9.32 Å². The molecule has 3 aromatic rings. The van der Waals surface area contributed by atoms with Crippen molar-refractivity contribution in [2.24, 2.45) is 5.92 Å². The maximum Gasteiger partial charge on any atom is 0.226 e. The van der Waals surface area contributed by atoms with E-state index in [0.29, 0.717) is 12.2 Å². The SMILES string of the molecule is O=C(CCCn1cnc2cc(-c3noc(CCC4CCCC4)n3)ccc21)N1CCCC1. The van der Waals surface area contributed by atoms with E-state index in [0.717, 1.165) is 80.1 Å². The van der Waals surface area contributed by atoms with E-state index in [2.05, 4.69) is 25.8 Å². The number of hydrogen-bond acceptors (Lipinski definition) is 5. The lowest BCUT2D eigenvalue weighted by atomic mass is 10.0. The number of carbonyl (C=O) groups excluding carboxylic acids is 1. The van der Waals surface area contributed by atoms with Crippen molar-refractivity contribution in [1.29, 1.82) is 0 Å². The Morgan fingerprint density at radius 3 is 2.81 bits per heavy atom. The lowest BCUT2D eigenvalue weighted by molar-refractivity contribution is -0.130. The number of amides is 1. The maximum atomic E-state index is 12.2. The molecule has 31 heavy (non-hydrogen) atoms. The molecule has 2 fully saturated rings. The highest BCUT2D eigenvalue weighted by Gasteiger charge is 2.18. The summed E-state index contributed by atoms with van der Waals surface area (Å²) in [6.45, 7) is 2.64. The maximum absolute atomic E-state index is 12.2.